The molecule has 0 aromatic heterocycles. The molecule has 2 aliphatic rings. The summed E-state index contributed by atoms with van der Waals surface area (Å²) in [5.74, 6) is 1.05. The molecule has 1 saturated heterocycles. The molecule has 0 bridgehead atoms. The second-order valence-corrected chi connectivity index (χ2v) is 5.37. The highest BCUT2D eigenvalue weighted by Gasteiger charge is 2.29. The molecule has 2 rings (SSSR count). The fourth-order valence-corrected chi connectivity index (χ4v) is 2.66. The fourth-order valence-electron chi connectivity index (χ4n) is 2.66. The Labute approximate surface area is 94.4 Å². The standard InChI is InChI=1S/C13H26N2/c1-3-12(4-2)14-13-7-8-15(10-13)9-11-5-6-11/h11-14H,3-10H2,1-2H3. The minimum atomic E-state index is 0.746. The largest absolute Gasteiger partial charge is 0.310 e. The second-order valence-electron chi connectivity index (χ2n) is 5.37. The van der Waals surface area contributed by atoms with Gasteiger partial charge in [-0.2, -0.15) is 0 Å². The zero-order valence-corrected chi connectivity index (χ0v) is 10.3. The molecule has 2 nitrogen and oxygen atoms in total. The predicted octanol–water partition coefficient (Wildman–Crippen LogP) is 2.25. The van der Waals surface area contributed by atoms with Crippen LogP contribution in [0.15, 0.2) is 0 Å². The van der Waals surface area contributed by atoms with Crippen molar-refractivity contribution in [3.63, 3.8) is 0 Å². The van der Waals surface area contributed by atoms with Gasteiger partial charge in [0.1, 0.15) is 0 Å². The van der Waals surface area contributed by atoms with Crippen LogP contribution in [0.25, 0.3) is 0 Å². The van der Waals surface area contributed by atoms with Crippen LogP contribution < -0.4 is 5.32 Å². The monoisotopic (exact) mass is 210 g/mol. The first-order chi connectivity index (χ1) is 7.31. The van der Waals surface area contributed by atoms with Gasteiger partial charge in [-0.3, -0.25) is 0 Å². The van der Waals surface area contributed by atoms with E-state index in [1.165, 1.54) is 51.7 Å². The fraction of sp³-hybridized carbons (Fsp3) is 1.00. The molecular formula is C13H26N2. The molecule has 0 radical (unpaired) electrons. The molecule has 1 unspecified atom stereocenters. The van der Waals surface area contributed by atoms with Gasteiger partial charge in [0.2, 0.25) is 0 Å². The molecule has 2 heteroatoms. The molecule has 15 heavy (non-hydrogen) atoms. The van der Waals surface area contributed by atoms with Gasteiger partial charge in [-0.1, -0.05) is 13.8 Å². The van der Waals surface area contributed by atoms with Gasteiger partial charge in [0, 0.05) is 25.2 Å². The van der Waals surface area contributed by atoms with Crippen molar-refractivity contribution < 1.29 is 0 Å². The van der Waals surface area contributed by atoms with Crippen molar-refractivity contribution in [1.29, 1.82) is 0 Å². The molecule has 0 aromatic carbocycles. The number of hydrogen-bond donors (Lipinski definition) is 1. The molecular weight excluding hydrogens is 184 g/mol. The Hall–Kier alpha value is -0.0800. The summed E-state index contributed by atoms with van der Waals surface area (Å²) in [6.07, 6.45) is 6.89. The van der Waals surface area contributed by atoms with E-state index in [2.05, 4.69) is 24.1 Å². The van der Waals surface area contributed by atoms with Crippen LogP contribution >= 0.6 is 0 Å². The van der Waals surface area contributed by atoms with Crippen molar-refractivity contribution >= 4 is 0 Å². The number of hydrogen-bond acceptors (Lipinski definition) is 2. The summed E-state index contributed by atoms with van der Waals surface area (Å²) in [7, 11) is 0. The summed E-state index contributed by atoms with van der Waals surface area (Å²) in [4.78, 5) is 2.66. The smallest absolute Gasteiger partial charge is 0.0209 e. The van der Waals surface area contributed by atoms with Crippen molar-refractivity contribution in [2.45, 2.75) is 58.0 Å². The molecule has 0 spiro atoms. The van der Waals surface area contributed by atoms with Crippen LogP contribution in [-0.2, 0) is 0 Å². The summed E-state index contributed by atoms with van der Waals surface area (Å²) in [6, 6.07) is 1.52. The van der Waals surface area contributed by atoms with Gasteiger partial charge >= 0.3 is 0 Å². The zero-order chi connectivity index (χ0) is 10.7. The van der Waals surface area contributed by atoms with E-state index in [0.29, 0.717) is 0 Å². The summed E-state index contributed by atoms with van der Waals surface area (Å²) >= 11 is 0. The Morgan fingerprint density at radius 3 is 2.53 bits per heavy atom. The summed E-state index contributed by atoms with van der Waals surface area (Å²) in [5, 5.41) is 3.80. The van der Waals surface area contributed by atoms with E-state index >= 15 is 0 Å². The van der Waals surface area contributed by atoms with Crippen molar-refractivity contribution in [2.24, 2.45) is 5.92 Å². The number of nitrogens with one attached hydrogen (secondary N) is 1. The molecule has 1 aliphatic heterocycles. The van der Waals surface area contributed by atoms with E-state index < -0.39 is 0 Å². The van der Waals surface area contributed by atoms with Crippen molar-refractivity contribution in [3.8, 4) is 0 Å². The topological polar surface area (TPSA) is 15.3 Å². The number of likely N-dealkylation sites (tertiary alicyclic amines) is 1. The lowest BCUT2D eigenvalue weighted by atomic mass is 10.1. The lowest BCUT2D eigenvalue weighted by Gasteiger charge is -2.21. The molecule has 88 valence electrons. The van der Waals surface area contributed by atoms with E-state index in [-0.39, 0.29) is 0 Å². The van der Waals surface area contributed by atoms with Gasteiger partial charge < -0.3 is 10.2 Å². The van der Waals surface area contributed by atoms with E-state index in [1.807, 2.05) is 0 Å². The first-order valence-corrected chi connectivity index (χ1v) is 6.80. The summed E-state index contributed by atoms with van der Waals surface area (Å²) in [6.45, 7) is 8.58. The molecule has 1 N–H and O–H groups in total. The average molecular weight is 210 g/mol. The highest BCUT2D eigenvalue weighted by atomic mass is 15.2. The third-order valence-corrected chi connectivity index (χ3v) is 3.94. The van der Waals surface area contributed by atoms with E-state index in [0.717, 1.165) is 18.0 Å². The van der Waals surface area contributed by atoms with Crippen molar-refractivity contribution in [2.75, 3.05) is 19.6 Å². The Balaban J connectivity index is 1.66. The molecule has 0 amide bonds. The second kappa shape index (κ2) is 5.31. The Morgan fingerprint density at radius 1 is 1.20 bits per heavy atom. The lowest BCUT2D eigenvalue weighted by molar-refractivity contribution is 0.307. The molecule has 1 saturated carbocycles. The highest BCUT2D eigenvalue weighted by molar-refractivity contribution is 4.86. The lowest BCUT2D eigenvalue weighted by Crippen LogP contribution is -2.39. The molecule has 1 aliphatic carbocycles. The van der Waals surface area contributed by atoms with Crippen LogP contribution in [-0.4, -0.2) is 36.6 Å². The number of nitrogens with zero attached hydrogens (tertiary/aromatic N) is 1. The van der Waals surface area contributed by atoms with Gasteiger partial charge in [0.05, 0.1) is 0 Å². The van der Waals surface area contributed by atoms with Crippen LogP contribution in [0.3, 0.4) is 0 Å². The average Bonchev–Trinajstić information content (AvgIpc) is 2.94. The van der Waals surface area contributed by atoms with Gasteiger partial charge in [0.15, 0.2) is 0 Å². The SMILES string of the molecule is CCC(CC)NC1CCN(CC2CC2)C1. The van der Waals surface area contributed by atoms with Crippen LogP contribution in [0.2, 0.25) is 0 Å². The maximum atomic E-state index is 3.80. The van der Waals surface area contributed by atoms with Crippen LogP contribution in [0.4, 0.5) is 0 Å². The van der Waals surface area contributed by atoms with E-state index in [1.54, 1.807) is 0 Å². The van der Waals surface area contributed by atoms with Crippen LogP contribution in [0, 0.1) is 5.92 Å². The molecule has 2 fully saturated rings. The van der Waals surface area contributed by atoms with Crippen molar-refractivity contribution in [1.82, 2.24) is 10.2 Å². The maximum absolute atomic E-state index is 3.80. The van der Waals surface area contributed by atoms with E-state index in [4.69, 9.17) is 0 Å². The molecule has 1 heterocycles. The highest BCUT2D eigenvalue weighted by Crippen LogP contribution is 2.30. The van der Waals surface area contributed by atoms with Crippen LogP contribution in [0.5, 0.6) is 0 Å². The first kappa shape index (κ1) is 11.4. The summed E-state index contributed by atoms with van der Waals surface area (Å²) < 4.78 is 0. The Kier molecular flexibility index (Phi) is 4.04. The Bertz CT molecular complexity index is 185. The minimum absolute atomic E-state index is 0.746. The predicted molar refractivity (Wildman–Crippen MR) is 65.1 cm³/mol. The Morgan fingerprint density at radius 2 is 1.93 bits per heavy atom. The van der Waals surface area contributed by atoms with Gasteiger partial charge in [-0.05, 0) is 44.6 Å². The first-order valence-electron chi connectivity index (χ1n) is 6.80. The maximum Gasteiger partial charge on any atom is 0.0209 e. The van der Waals surface area contributed by atoms with Crippen LogP contribution in [0.1, 0.15) is 46.0 Å². The minimum Gasteiger partial charge on any atom is -0.310 e. The summed E-state index contributed by atoms with van der Waals surface area (Å²) in [5.41, 5.74) is 0. The quantitative estimate of drug-likeness (QED) is 0.723. The van der Waals surface area contributed by atoms with Gasteiger partial charge in [0.25, 0.3) is 0 Å². The molecule has 1 atom stereocenters. The van der Waals surface area contributed by atoms with E-state index in [9.17, 15) is 0 Å². The zero-order valence-electron chi connectivity index (χ0n) is 10.3. The number of rotatable bonds is 6. The normalized spacial score (nSPS) is 27.8. The third kappa shape index (κ3) is 3.46. The molecule has 0 aromatic rings. The van der Waals surface area contributed by atoms with Gasteiger partial charge in [-0.15, -0.1) is 0 Å². The third-order valence-electron chi connectivity index (χ3n) is 3.94. The van der Waals surface area contributed by atoms with Gasteiger partial charge in [-0.25, -0.2) is 0 Å². The van der Waals surface area contributed by atoms with Crippen molar-refractivity contribution in [3.05, 3.63) is 0 Å².